The molecule has 0 bridgehead atoms. The summed E-state index contributed by atoms with van der Waals surface area (Å²) in [5.41, 5.74) is 1.34. The van der Waals surface area contributed by atoms with Crippen LogP contribution in [0.1, 0.15) is 109 Å². The standard InChI is InChI=1S/C15H24O.C11H22O/c1-2-3-4-5-6-7-8-9-14-10-12-15(16)13-11-14;1-3-5-6-7-8-9-10-11-12-4-2/h10-13,16H,2-9H2,1H3;4H,2-3,5-11H2,1H3. The van der Waals surface area contributed by atoms with Gasteiger partial charge in [-0.25, -0.2) is 0 Å². The summed E-state index contributed by atoms with van der Waals surface area (Å²) in [6.07, 6.45) is 21.5. The van der Waals surface area contributed by atoms with Crippen LogP contribution in [-0.4, -0.2) is 11.7 Å². The molecule has 1 N–H and O–H groups in total. The highest BCUT2D eigenvalue weighted by molar-refractivity contribution is 5.25. The van der Waals surface area contributed by atoms with Crippen LogP contribution in [0.5, 0.6) is 5.75 Å². The molecule has 162 valence electrons. The largest absolute Gasteiger partial charge is 0.508 e. The monoisotopic (exact) mass is 390 g/mol. The Kier molecular flexibility index (Phi) is 20.7. The fraction of sp³-hybridized carbons (Fsp3) is 0.692. The van der Waals surface area contributed by atoms with E-state index in [0.29, 0.717) is 5.75 Å². The van der Waals surface area contributed by atoms with E-state index in [-0.39, 0.29) is 0 Å². The molecule has 0 radical (unpaired) electrons. The third-order valence-corrected chi connectivity index (χ3v) is 4.99. The lowest BCUT2D eigenvalue weighted by atomic mass is 10.0. The van der Waals surface area contributed by atoms with Gasteiger partial charge in [0.1, 0.15) is 5.75 Å². The quantitative estimate of drug-likeness (QED) is 0.213. The number of phenolic OH excluding ortho intramolecular Hbond substituents is 1. The minimum Gasteiger partial charge on any atom is -0.508 e. The molecule has 0 heterocycles. The Bertz CT molecular complexity index is 425. The van der Waals surface area contributed by atoms with Crippen LogP contribution in [0, 0.1) is 0 Å². The molecule has 0 aromatic heterocycles. The van der Waals surface area contributed by atoms with Gasteiger partial charge < -0.3 is 9.84 Å². The molecular formula is C26H46O2. The Labute approximate surface area is 175 Å². The fourth-order valence-electron chi connectivity index (χ4n) is 3.17. The predicted molar refractivity (Wildman–Crippen MR) is 124 cm³/mol. The van der Waals surface area contributed by atoms with Gasteiger partial charge in [-0.3, -0.25) is 0 Å². The second kappa shape index (κ2) is 21.9. The van der Waals surface area contributed by atoms with E-state index in [2.05, 4.69) is 20.4 Å². The molecule has 0 aliphatic rings. The summed E-state index contributed by atoms with van der Waals surface area (Å²) in [6, 6.07) is 7.59. The molecule has 2 nitrogen and oxygen atoms in total. The Morgan fingerprint density at radius 1 is 0.714 bits per heavy atom. The molecule has 0 unspecified atom stereocenters. The van der Waals surface area contributed by atoms with Crippen LogP contribution in [0.2, 0.25) is 0 Å². The average molecular weight is 391 g/mol. The number of hydrogen-bond donors (Lipinski definition) is 1. The third kappa shape index (κ3) is 19.3. The van der Waals surface area contributed by atoms with E-state index in [9.17, 15) is 0 Å². The Morgan fingerprint density at radius 2 is 1.18 bits per heavy atom. The molecule has 0 saturated carbocycles. The Hall–Kier alpha value is -1.44. The van der Waals surface area contributed by atoms with E-state index in [4.69, 9.17) is 9.84 Å². The lowest BCUT2D eigenvalue weighted by Crippen LogP contribution is -1.87. The van der Waals surface area contributed by atoms with Crippen molar-refractivity contribution in [2.24, 2.45) is 0 Å². The van der Waals surface area contributed by atoms with Gasteiger partial charge >= 0.3 is 0 Å². The first kappa shape index (κ1) is 26.6. The van der Waals surface area contributed by atoms with Crippen molar-refractivity contribution in [3.05, 3.63) is 42.7 Å². The van der Waals surface area contributed by atoms with Crippen molar-refractivity contribution in [1.82, 2.24) is 0 Å². The number of aromatic hydroxyl groups is 1. The van der Waals surface area contributed by atoms with E-state index >= 15 is 0 Å². The van der Waals surface area contributed by atoms with E-state index in [1.165, 1.54) is 102 Å². The molecule has 28 heavy (non-hydrogen) atoms. The normalized spacial score (nSPS) is 10.2. The van der Waals surface area contributed by atoms with Gasteiger partial charge in [-0.05, 0) is 37.0 Å². The minimum atomic E-state index is 0.364. The minimum absolute atomic E-state index is 0.364. The SMILES string of the molecule is C=COCCCCCCCCC.CCCCCCCCCc1ccc(O)cc1. The van der Waals surface area contributed by atoms with Crippen molar-refractivity contribution >= 4 is 0 Å². The molecule has 1 aromatic rings. The fourth-order valence-corrected chi connectivity index (χ4v) is 3.17. The highest BCUT2D eigenvalue weighted by Crippen LogP contribution is 2.13. The maximum Gasteiger partial charge on any atom is 0.115 e. The molecule has 1 aromatic carbocycles. The first-order valence-electron chi connectivity index (χ1n) is 11.7. The average Bonchev–Trinajstić information content (AvgIpc) is 2.71. The van der Waals surface area contributed by atoms with E-state index in [0.717, 1.165) is 13.0 Å². The molecule has 0 spiro atoms. The zero-order valence-electron chi connectivity index (χ0n) is 18.8. The van der Waals surface area contributed by atoms with Crippen LogP contribution in [0.15, 0.2) is 37.1 Å². The number of unbranched alkanes of at least 4 members (excludes halogenated alkanes) is 12. The number of aryl methyl sites for hydroxylation is 1. The van der Waals surface area contributed by atoms with Crippen molar-refractivity contribution in [1.29, 1.82) is 0 Å². The lowest BCUT2D eigenvalue weighted by Gasteiger charge is -2.02. The van der Waals surface area contributed by atoms with Crippen LogP contribution in [-0.2, 0) is 11.2 Å². The van der Waals surface area contributed by atoms with Crippen LogP contribution in [0.3, 0.4) is 0 Å². The zero-order chi connectivity index (χ0) is 20.7. The number of hydrogen-bond acceptors (Lipinski definition) is 2. The Morgan fingerprint density at radius 3 is 1.68 bits per heavy atom. The summed E-state index contributed by atoms with van der Waals surface area (Å²) in [4.78, 5) is 0. The second-order valence-electron chi connectivity index (χ2n) is 7.70. The lowest BCUT2D eigenvalue weighted by molar-refractivity contribution is 0.241. The highest BCUT2D eigenvalue weighted by atomic mass is 16.5. The predicted octanol–water partition coefficient (Wildman–Crippen LogP) is 8.58. The van der Waals surface area contributed by atoms with Crippen molar-refractivity contribution in [3.8, 4) is 5.75 Å². The highest BCUT2D eigenvalue weighted by Gasteiger charge is 1.95. The molecule has 0 saturated heterocycles. The van der Waals surface area contributed by atoms with E-state index in [1.807, 2.05) is 12.1 Å². The molecule has 2 heteroatoms. The third-order valence-electron chi connectivity index (χ3n) is 4.99. The van der Waals surface area contributed by atoms with Gasteiger partial charge in [0.25, 0.3) is 0 Å². The number of ether oxygens (including phenoxy) is 1. The van der Waals surface area contributed by atoms with Crippen LogP contribution in [0.25, 0.3) is 0 Å². The van der Waals surface area contributed by atoms with Crippen LogP contribution < -0.4 is 0 Å². The van der Waals surface area contributed by atoms with Crippen molar-refractivity contribution < 1.29 is 9.84 Å². The van der Waals surface area contributed by atoms with Gasteiger partial charge in [-0.15, -0.1) is 0 Å². The first-order chi connectivity index (χ1) is 13.7. The smallest absolute Gasteiger partial charge is 0.115 e. The van der Waals surface area contributed by atoms with Crippen molar-refractivity contribution in [3.63, 3.8) is 0 Å². The van der Waals surface area contributed by atoms with E-state index < -0.39 is 0 Å². The molecule has 0 aliphatic heterocycles. The summed E-state index contributed by atoms with van der Waals surface area (Å²) in [5.74, 6) is 0.364. The van der Waals surface area contributed by atoms with Crippen LogP contribution >= 0.6 is 0 Å². The van der Waals surface area contributed by atoms with E-state index in [1.54, 1.807) is 12.1 Å². The number of benzene rings is 1. The molecule has 0 fully saturated rings. The summed E-state index contributed by atoms with van der Waals surface area (Å²) < 4.78 is 5.03. The maximum atomic E-state index is 9.15. The zero-order valence-corrected chi connectivity index (χ0v) is 18.8. The van der Waals surface area contributed by atoms with Gasteiger partial charge in [-0.1, -0.05) is 110 Å². The summed E-state index contributed by atoms with van der Waals surface area (Å²) >= 11 is 0. The number of rotatable bonds is 17. The topological polar surface area (TPSA) is 29.5 Å². The summed E-state index contributed by atoms with van der Waals surface area (Å²) in [6.45, 7) is 8.84. The Balaban J connectivity index is 0.000000546. The molecule has 1 rings (SSSR count). The molecule has 0 amide bonds. The number of phenols is 1. The van der Waals surface area contributed by atoms with Gasteiger partial charge in [0.2, 0.25) is 0 Å². The van der Waals surface area contributed by atoms with Crippen molar-refractivity contribution in [2.75, 3.05) is 6.61 Å². The van der Waals surface area contributed by atoms with Gasteiger partial charge in [0.15, 0.2) is 0 Å². The summed E-state index contributed by atoms with van der Waals surface area (Å²) in [5, 5.41) is 9.15. The van der Waals surface area contributed by atoms with Crippen molar-refractivity contribution in [2.45, 2.75) is 110 Å². The molecule has 0 atom stereocenters. The van der Waals surface area contributed by atoms with Gasteiger partial charge in [-0.2, -0.15) is 0 Å². The van der Waals surface area contributed by atoms with Gasteiger partial charge in [0, 0.05) is 0 Å². The summed E-state index contributed by atoms with van der Waals surface area (Å²) in [7, 11) is 0. The van der Waals surface area contributed by atoms with Crippen LogP contribution in [0.4, 0.5) is 0 Å². The molecular weight excluding hydrogens is 344 g/mol. The maximum absolute atomic E-state index is 9.15. The second-order valence-corrected chi connectivity index (χ2v) is 7.70. The first-order valence-corrected chi connectivity index (χ1v) is 11.7. The van der Waals surface area contributed by atoms with Gasteiger partial charge in [0.05, 0.1) is 12.9 Å². The molecule has 0 aliphatic carbocycles.